The molecule has 0 aliphatic rings. The van der Waals surface area contributed by atoms with Crippen molar-refractivity contribution in [1.29, 1.82) is 0 Å². The third-order valence-electron chi connectivity index (χ3n) is 4.78. The first-order chi connectivity index (χ1) is 14.5. The second-order valence-electron chi connectivity index (χ2n) is 6.98. The van der Waals surface area contributed by atoms with Gasteiger partial charge in [-0.2, -0.15) is 0 Å². The van der Waals surface area contributed by atoms with Crippen LogP contribution < -0.4 is 10.1 Å². The van der Waals surface area contributed by atoms with Crippen LogP contribution in [0.4, 0.5) is 5.69 Å². The summed E-state index contributed by atoms with van der Waals surface area (Å²) in [4.78, 5) is 16.8. The monoisotopic (exact) mass is 464 g/mol. The Hall–Kier alpha value is -3.12. The van der Waals surface area contributed by atoms with E-state index in [-0.39, 0.29) is 12.5 Å². The van der Waals surface area contributed by atoms with Gasteiger partial charge in [0.25, 0.3) is 5.91 Å². The lowest BCUT2D eigenvalue weighted by molar-refractivity contribution is -0.118. The molecule has 5 nitrogen and oxygen atoms in total. The Morgan fingerprint density at radius 3 is 2.63 bits per heavy atom. The van der Waals surface area contributed by atoms with Crippen LogP contribution in [0.3, 0.4) is 0 Å². The van der Waals surface area contributed by atoms with Crippen molar-refractivity contribution in [2.45, 2.75) is 20.3 Å². The first-order valence-corrected chi connectivity index (χ1v) is 10.5. The van der Waals surface area contributed by atoms with Gasteiger partial charge in [0.1, 0.15) is 11.3 Å². The van der Waals surface area contributed by atoms with E-state index in [0.29, 0.717) is 17.3 Å². The number of fused-ring (bicyclic) bond motifs is 1. The number of nitrogens with zero attached hydrogens (tertiary/aromatic N) is 1. The highest BCUT2D eigenvalue weighted by Gasteiger charge is 2.12. The number of ether oxygens (including phenoxy) is 1. The number of oxazole rings is 1. The number of amides is 1. The van der Waals surface area contributed by atoms with Crippen LogP contribution >= 0.6 is 15.9 Å². The minimum atomic E-state index is -0.219. The third kappa shape index (κ3) is 4.39. The summed E-state index contributed by atoms with van der Waals surface area (Å²) in [6.45, 7) is 4.00. The zero-order chi connectivity index (χ0) is 21.1. The third-order valence-corrected chi connectivity index (χ3v) is 5.37. The van der Waals surface area contributed by atoms with Gasteiger partial charge in [0.15, 0.2) is 12.2 Å². The fourth-order valence-electron chi connectivity index (χ4n) is 3.13. The molecule has 0 spiro atoms. The number of para-hydroxylation sites is 1. The summed E-state index contributed by atoms with van der Waals surface area (Å²) in [6, 6.07) is 19.1. The van der Waals surface area contributed by atoms with Crippen molar-refractivity contribution in [3.05, 3.63) is 76.3 Å². The molecule has 30 heavy (non-hydrogen) atoms. The van der Waals surface area contributed by atoms with Gasteiger partial charge in [-0.1, -0.05) is 25.1 Å². The quantitative estimate of drug-likeness (QED) is 0.371. The molecule has 1 aromatic heterocycles. The molecule has 6 heteroatoms. The number of hydrogen-bond donors (Lipinski definition) is 1. The Bertz CT molecular complexity index is 1200. The first-order valence-electron chi connectivity index (χ1n) is 9.71. The zero-order valence-corrected chi connectivity index (χ0v) is 18.3. The molecule has 0 bridgehead atoms. The normalized spacial score (nSPS) is 10.9. The van der Waals surface area contributed by atoms with Gasteiger partial charge in [0.2, 0.25) is 5.89 Å². The summed E-state index contributed by atoms with van der Waals surface area (Å²) in [6.07, 6.45) is 0.929. The average molecular weight is 465 g/mol. The second kappa shape index (κ2) is 8.71. The number of rotatable bonds is 6. The molecule has 1 N–H and O–H groups in total. The summed E-state index contributed by atoms with van der Waals surface area (Å²) < 4.78 is 12.4. The molecule has 4 rings (SSSR count). The molecular weight excluding hydrogens is 444 g/mol. The van der Waals surface area contributed by atoms with E-state index in [2.05, 4.69) is 39.2 Å². The number of aryl methyl sites for hydroxylation is 2. The van der Waals surface area contributed by atoms with Crippen molar-refractivity contribution < 1.29 is 13.9 Å². The van der Waals surface area contributed by atoms with Crippen LogP contribution in [0.5, 0.6) is 5.75 Å². The summed E-state index contributed by atoms with van der Waals surface area (Å²) in [5, 5.41) is 2.84. The van der Waals surface area contributed by atoms with Gasteiger partial charge in [-0.3, -0.25) is 4.79 Å². The predicted molar refractivity (Wildman–Crippen MR) is 122 cm³/mol. The van der Waals surface area contributed by atoms with Crippen molar-refractivity contribution in [3.8, 4) is 17.2 Å². The van der Waals surface area contributed by atoms with Crippen LogP contribution in [0.1, 0.15) is 18.1 Å². The molecule has 3 aromatic carbocycles. The maximum Gasteiger partial charge on any atom is 0.262 e. The van der Waals surface area contributed by atoms with Crippen molar-refractivity contribution in [1.82, 2.24) is 4.98 Å². The van der Waals surface area contributed by atoms with Crippen LogP contribution in [0.15, 0.2) is 69.6 Å². The summed E-state index contributed by atoms with van der Waals surface area (Å²) in [5.41, 5.74) is 5.26. The topological polar surface area (TPSA) is 64.4 Å². The van der Waals surface area contributed by atoms with E-state index in [0.717, 1.165) is 33.1 Å². The Kier molecular flexibility index (Phi) is 5.86. The van der Waals surface area contributed by atoms with E-state index in [1.54, 1.807) is 0 Å². The van der Waals surface area contributed by atoms with Gasteiger partial charge < -0.3 is 14.5 Å². The van der Waals surface area contributed by atoms with Crippen LogP contribution in [0.25, 0.3) is 22.6 Å². The van der Waals surface area contributed by atoms with E-state index in [1.807, 2.05) is 61.5 Å². The van der Waals surface area contributed by atoms with E-state index < -0.39 is 0 Å². The summed E-state index contributed by atoms with van der Waals surface area (Å²) in [5.74, 6) is 1.03. The number of nitrogens with one attached hydrogen (secondary N) is 1. The Labute approximate surface area is 183 Å². The Morgan fingerprint density at radius 1 is 1.13 bits per heavy atom. The standard InChI is InChI=1S/C24H21BrN2O3/c1-3-16-12-19(25)23-20(13-16)27-24(30-23)17-8-10-18(11-9-17)26-22(28)14-29-21-7-5-4-6-15(21)2/h4-13H,3,14H2,1-2H3,(H,26,28). The number of hydrogen-bond acceptors (Lipinski definition) is 4. The lowest BCUT2D eigenvalue weighted by atomic mass is 10.1. The molecule has 0 saturated heterocycles. The number of benzene rings is 3. The van der Waals surface area contributed by atoms with Crippen molar-refractivity contribution in [2.75, 3.05) is 11.9 Å². The van der Waals surface area contributed by atoms with Crippen molar-refractivity contribution >= 4 is 38.6 Å². The lowest BCUT2D eigenvalue weighted by Crippen LogP contribution is -2.20. The Morgan fingerprint density at radius 2 is 1.90 bits per heavy atom. The number of anilines is 1. The zero-order valence-electron chi connectivity index (χ0n) is 16.7. The fraction of sp³-hybridized carbons (Fsp3) is 0.167. The molecule has 0 aliphatic heterocycles. The number of aromatic nitrogens is 1. The van der Waals surface area contributed by atoms with E-state index in [9.17, 15) is 4.79 Å². The number of carbonyl (C=O) groups excluding carboxylic acids is 1. The van der Waals surface area contributed by atoms with E-state index in [1.165, 1.54) is 5.56 Å². The highest BCUT2D eigenvalue weighted by Crippen LogP contribution is 2.31. The van der Waals surface area contributed by atoms with Gasteiger partial charge in [-0.15, -0.1) is 0 Å². The molecule has 1 amide bonds. The van der Waals surface area contributed by atoms with Gasteiger partial charge in [0.05, 0.1) is 4.47 Å². The van der Waals surface area contributed by atoms with Crippen molar-refractivity contribution in [2.24, 2.45) is 0 Å². The first kappa shape index (κ1) is 20.2. The number of halogens is 1. The maximum absolute atomic E-state index is 12.2. The molecule has 0 unspecified atom stereocenters. The van der Waals surface area contributed by atoms with Crippen LogP contribution in [-0.2, 0) is 11.2 Å². The highest BCUT2D eigenvalue weighted by molar-refractivity contribution is 9.10. The van der Waals surface area contributed by atoms with Crippen LogP contribution in [0.2, 0.25) is 0 Å². The molecule has 152 valence electrons. The Balaban J connectivity index is 1.44. The fourth-order valence-corrected chi connectivity index (χ4v) is 3.71. The van der Waals surface area contributed by atoms with E-state index >= 15 is 0 Å². The minimum Gasteiger partial charge on any atom is -0.483 e. The van der Waals surface area contributed by atoms with Gasteiger partial charge >= 0.3 is 0 Å². The average Bonchev–Trinajstić information content (AvgIpc) is 3.18. The SMILES string of the molecule is CCc1cc(Br)c2oc(-c3ccc(NC(=O)COc4ccccc4C)cc3)nc2c1. The summed E-state index contributed by atoms with van der Waals surface area (Å²) in [7, 11) is 0. The smallest absolute Gasteiger partial charge is 0.262 e. The molecule has 0 saturated carbocycles. The molecule has 0 radical (unpaired) electrons. The van der Waals surface area contributed by atoms with Crippen LogP contribution in [-0.4, -0.2) is 17.5 Å². The summed E-state index contributed by atoms with van der Waals surface area (Å²) >= 11 is 3.56. The molecule has 0 atom stereocenters. The highest BCUT2D eigenvalue weighted by atomic mass is 79.9. The molecule has 0 fully saturated rings. The van der Waals surface area contributed by atoms with Crippen LogP contribution in [0, 0.1) is 6.92 Å². The molecule has 0 aliphatic carbocycles. The number of carbonyl (C=O) groups is 1. The maximum atomic E-state index is 12.2. The lowest BCUT2D eigenvalue weighted by Gasteiger charge is -2.09. The predicted octanol–water partition coefficient (Wildman–Crippen LogP) is 6.15. The molecule has 4 aromatic rings. The molecule has 1 heterocycles. The van der Waals surface area contributed by atoms with Gasteiger partial charge in [0, 0.05) is 11.3 Å². The van der Waals surface area contributed by atoms with Gasteiger partial charge in [-0.05, 0) is 82.9 Å². The van der Waals surface area contributed by atoms with E-state index in [4.69, 9.17) is 9.15 Å². The van der Waals surface area contributed by atoms with Gasteiger partial charge in [-0.25, -0.2) is 4.98 Å². The molecular formula is C24H21BrN2O3. The largest absolute Gasteiger partial charge is 0.483 e. The minimum absolute atomic E-state index is 0.0501. The van der Waals surface area contributed by atoms with Crippen molar-refractivity contribution in [3.63, 3.8) is 0 Å². The second-order valence-corrected chi connectivity index (χ2v) is 7.83.